The first-order valence-electron chi connectivity index (χ1n) is 8.12. The topological polar surface area (TPSA) is 118 Å². The number of carbonyl (C=O) groups excluding carboxylic acids is 1. The summed E-state index contributed by atoms with van der Waals surface area (Å²) in [5.74, 6) is -3.14. The van der Waals surface area contributed by atoms with Crippen LogP contribution in [0.15, 0.2) is 47.4 Å². The van der Waals surface area contributed by atoms with E-state index < -0.39 is 29.3 Å². The summed E-state index contributed by atoms with van der Waals surface area (Å²) in [6, 6.07) is 8.65. The van der Waals surface area contributed by atoms with Crippen molar-refractivity contribution in [1.82, 2.24) is 9.38 Å². The largest absolute Gasteiger partial charge is 0.493 e. The van der Waals surface area contributed by atoms with E-state index in [2.05, 4.69) is 4.98 Å². The molecule has 0 aliphatic rings. The molecule has 0 fully saturated rings. The lowest BCUT2D eigenvalue weighted by atomic mass is 9.89. The highest BCUT2D eigenvalue weighted by molar-refractivity contribution is 6.30. The van der Waals surface area contributed by atoms with Crippen molar-refractivity contribution >= 4 is 29.2 Å². The molecule has 0 saturated heterocycles. The number of carboxylic acid groups (broad SMARTS) is 1. The van der Waals surface area contributed by atoms with Crippen molar-refractivity contribution in [2.24, 2.45) is 0 Å². The number of carboxylic acids is 1. The van der Waals surface area contributed by atoms with E-state index in [1.54, 1.807) is 0 Å². The average Bonchev–Trinajstić information content (AvgIpc) is 2.67. The first-order chi connectivity index (χ1) is 13.3. The standard InChI is InChI=1S/C19H15ClN2O6/c1-28-15(23)8-13(10-2-4-11(5-3-10)19(26)27)16-17(24)21-14-7-6-12(20)9-22(14)18(16)25/h2-7,9,13,24H,8H2,1H3,(H,26,27)/t13-/m0/s1. The van der Waals surface area contributed by atoms with Gasteiger partial charge in [-0.05, 0) is 29.8 Å². The monoisotopic (exact) mass is 402 g/mol. The molecule has 0 radical (unpaired) electrons. The van der Waals surface area contributed by atoms with E-state index in [1.807, 2.05) is 0 Å². The maximum absolute atomic E-state index is 13.0. The Hall–Kier alpha value is -3.39. The van der Waals surface area contributed by atoms with Gasteiger partial charge in [-0.15, -0.1) is 0 Å². The molecule has 1 aromatic carbocycles. The van der Waals surface area contributed by atoms with Gasteiger partial charge in [0.05, 0.1) is 29.7 Å². The van der Waals surface area contributed by atoms with Crippen LogP contribution in [0.25, 0.3) is 5.65 Å². The van der Waals surface area contributed by atoms with Gasteiger partial charge in [0.2, 0.25) is 5.88 Å². The Labute approximate surface area is 163 Å². The second kappa shape index (κ2) is 7.69. The molecule has 0 aliphatic carbocycles. The van der Waals surface area contributed by atoms with E-state index in [0.717, 1.165) is 0 Å². The fourth-order valence-electron chi connectivity index (χ4n) is 2.91. The van der Waals surface area contributed by atoms with Crippen LogP contribution in [-0.4, -0.2) is 38.6 Å². The van der Waals surface area contributed by atoms with Crippen molar-refractivity contribution in [3.8, 4) is 5.88 Å². The zero-order valence-corrected chi connectivity index (χ0v) is 15.4. The molecule has 2 aromatic heterocycles. The van der Waals surface area contributed by atoms with Crippen LogP contribution in [0.4, 0.5) is 0 Å². The summed E-state index contributed by atoms with van der Waals surface area (Å²) in [5.41, 5.74) is -0.0281. The normalized spacial score (nSPS) is 11.9. The van der Waals surface area contributed by atoms with Gasteiger partial charge < -0.3 is 14.9 Å². The van der Waals surface area contributed by atoms with E-state index in [-0.39, 0.29) is 23.2 Å². The highest BCUT2D eigenvalue weighted by atomic mass is 35.5. The third kappa shape index (κ3) is 3.67. The van der Waals surface area contributed by atoms with Gasteiger partial charge in [0.25, 0.3) is 5.56 Å². The van der Waals surface area contributed by atoms with Crippen molar-refractivity contribution in [3.05, 3.63) is 74.7 Å². The van der Waals surface area contributed by atoms with Crippen molar-refractivity contribution < 1.29 is 24.5 Å². The minimum Gasteiger partial charge on any atom is -0.493 e. The minimum absolute atomic E-state index is 0.0462. The molecule has 8 nitrogen and oxygen atoms in total. The smallest absolute Gasteiger partial charge is 0.335 e. The van der Waals surface area contributed by atoms with Crippen LogP contribution in [0.5, 0.6) is 5.88 Å². The molecule has 3 rings (SSSR count). The molecule has 3 aromatic rings. The van der Waals surface area contributed by atoms with Crippen LogP contribution < -0.4 is 5.56 Å². The Morgan fingerprint density at radius 3 is 2.50 bits per heavy atom. The number of rotatable bonds is 5. The molecule has 2 N–H and O–H groups in total. The predicted molar refractivity (Wildman–Crippen MR) is 100 cm³/mol. The number of methoxy groups -OCH3 is 1. The lowest BCUT2D eigenvalue weighted by Crippen LogP contribution is -2.24. The fourth-order valence-corrected chi connectivity index (χ4v) is 3.07. The van der Waals surface area contributed by atoms with Crippen LogP contribution in [0.1, 0.15) is 33.8 Å². The Bertz CT molecular complexity index is 1120. The van der Waals surface area contributed by atoms with Crippen molar-refractivity contribution in [2.75, 3.05) is 7.11 Å². The molecular weight excluding hydrogens is 388 g/mol. The Balaban J connectivity index is 2.21. The summed E-state index contributed by atoms with van der Waals surface area (Å²) < 4.78 is 5.88. The third-order valence-electron chi connectivity index (χ3n) is 4.31. The predicted octanol–water partition coefficient (Wildman–Crippen LogP) is 2.45. The number of halogens is 1. The van der Waals surface area contributed by atoms with E-state index in [0.29, 0.717) is 10.6 Å². The molecule has 2 heterocycles. The van der Waals surface area contributed by atoms with Gasteiger partial charge in [-0.25, -0.2) is 4.79 Å². The Kier molecular flexibility index (Phi) is 5.32. The van der Waals surface area contributed by atoms with Gasteiger partial charge in [0, 0.05) is 12.1 Å². The van der Waals surface area contributed by atoms with Gasteiger partial charge in [-0.2, -0.15) is 4.98 Å². The molecule has 0 spiro atoms. The van der Waals surface area contributed by atoms with Crippen molar-refractivity contribution in [1.29, 1.82) is 0 Å². The zero-order valence-electron chi connectivity index (χ0n) is 14.6. The summed E-state index contributed by atoms with van der Waals surface area (Å²) in [6.07, 6.45) is 1.11. The van der Waals surface area contributed by atoms with E-state index in [1.165, 1.54) is 54.1 Å². The van der Waals surface area contributed by atoms with Crippen LogP contribution in [0.3, 0.4) is 0 Å². The van der Waals surface area contributed by atoms with Crippen molar-refractivity contribution in [2.45, 2.75) is 12.3 Å². The highest BCUT2D eigenvalue weighted by Gasteiger charge is 2.27. The lowest BCUT2D eigenvalue weighted by Gasteiger charge is -2.18. The molecular formula is C19H15ClN2O6. The maximum atomic E-state index is 13.0. The number of ether oxygens (including phenoxy) is 1. The summed E-state index contributed by atoms with van der Waals surface area (Å²) in [4.78, 5) is 40.0. The fraction of sp³-hybridized carbons (Fsp3) is 0.158. The van der Waals surface area contributed by atoms with Crippen LogP contribution in [-0.2, 0) is 9.53 Å². The zero-order chi connectivity index (χ0) is 20.4. The number of hydrogen-bond acceptors (Lipinski definition) is 6. The first-order valence-corrected chi connectivity index (χ1v) is 8.50. The summed E-state index contributed by atoms with van der Waals surface area (Å²) >= 11 is 5.95. The highest BCUT2D eigenvalue weighted by Crippen LogP contribution is 2.31. The molecule has 28 heavy (non-hydrogen) atoms. The van der Waals surface area contributed by atoms with Gasteiger partial charge in [0.1, 0.15) is 5.65 Å². The van der Waals surface area contributed by atoms with Crippen LogP contribution in [0, 0.1) is 0 Å². The molecule has 0 saturated carbocycles. The quantitative estimate of drug-likeness (QED) is 0.629. The number of esters is 1. The molecule has 0 amide bonds. The minimum atomic E-state index is -1.11. The van der Waals surface area contributed by atoms with Crippen LogP contribution >= 0.6 is 11.6 Å². The number of nitrogens with zero attached hydrogens (tertiary/aromatic N) is 2. The second-order valence-electron chi connectivity index (χ2n) is 5.99. The number of aromatic nitrogens is 2. The number of aromatic carboxylic acids is 1. The number of aromatic hydroxyl groups is 1. The van der Waals surface area contributed by atoms with Gasteiger partial charge in [0.15, 0.2) is 0 Å². The molecule has 9 heteroatoms. The first kappa shape index (κ1) is 19.4. The van der Waals surface area contributed by atoms with E-state index in [9.17, 15) is 19.5 Å². The Morgan fingerprint density at radius 1 is 1.21 bits per heavy atom. The number of pyridine rings is 1. The SMILES string of the molecule is COC(=O)C[C@@H](c1ccc(C(=O)O)cc1)c1c(O)nc2ccc(Cl)cn2c1=O. The molecule has 0 bridgehead atoms. The number of benzene rings is 1. The van der Waals surface area contributed by atoms with Crippen molar-refractivity contribution in [3.63, 3.8) is 0 Å². The maximum Gasteiger partial charge on any atom is 0.335 e. The number of hydrogen-bond donors (Lipinski definition) is 2. The molecule has 0 aliphatic heterocycles. The summed E-state index contributed by atoms with van der Waals surface area (Å²) in [7, 11) is 1.21. The third-order valence-corrected chi connectivity index (χ3v) is 4.53. The Morgan fingerprint density at radius 2 is 1.89 bits per heavy atom. The van der Waals surface area contributed by atoms with Gasteiger partial charge in [-0.3, -0.25) is 14.0 Å². The second-order valence-corrected chi connectivity index (χ2v) is 6.43. The van der Waals surface area contributed by atoms with Gasteiger partial charge >= 0.3 is 11.9 Å². The van der Waals surface area contributed by atoms with E-state index in [4.69, 9.17) is 21.4 Å². The number of fused-ring (bicyclic) bond motifs is 1. The molecule has 144 valence electrons. The number of carbonyl (C=O) groups is 2. The summed E-state index contributed by atoms with van der Waals surface area (Å²) in [5, 5.41) is 19.8. The summed E-state index contributed by atoms with van der Waals surface area (Å²) in [6.45, 7) is 0. The average molecular weight is 403 g/mol. The van der Waals surface area contributed by atoms with Gasteiger partial charge in [-0.1, -0.05) is 23.7 Å². The van der Waals surface area contributed by atoms with Crippen LogP contribution in [0.2, 0.25) is 5.02 Å². The lowest BCUT2D eigenvalue weighted by molar-refractivity contribution is -0.140. The molecule has 1 atom stereocenters. The van der Waals surface area contributed by atoms with E-state index >= 15 is 0 Å². The molecule has 0 unspecified atom stereocenters.